The summed E-state index contributed by atoms with van der Waals surface area (Å²) < 4.78 is 1.88. The average Bonchev–Trinajstić information content (AvgIpc) is 2.80. The molecule has 3 rings (SSSR count). The van der Waals surface area contributed by atoms with Gasteiger partial charge in [0.15, 0.2) is 0 Å². The van der Waals surface area contributed by atoms with E-state index in [4.69, 9.17) is 11.0 Å². The first-order valence-electron chi connectivity index (χ1n) is 5.79. The number of anilines is 1. The summed E-state index contributed by atoms with van der Waals surface area (Å²) in [6.45, 7) is 1.89. The molecule has 5 nitrogen and oxygen atoms in total. The molecule has 3 heterocycles. The van der Waals surface area contributed by atoms with E-state index in [9.17, 15) is 0 Å². The SMILES string of the molecule is Cc1cc(-c2cnc3ccc(C#N)cn23)cc(N)n1. The Morgan fingerprint density at radius 1 is 1.32 bits per heavy atom. The molecule has 3 aromatic heterocycles. The highest BCUT2D eigenvalue weighted by Gasteiger charge is 2.08. The van der Waals surface area contributed by atoms with Crippen LogP contribution < -0.4 is 5.73 Å². The number of nitriles is 1. The summed E-state index contributed by atoms with van der Waals surface area (Å²) in [6.07, 6.45) is 3.54. The number of nitrogen functional groups attached to an aromatic ring is 1. The summed E-state index contributed by atoms with van der Waals surface area (Å²) in [4.78, 5) is 8.48. The molecular formula is C14H11N5. The van der Waals surface area contributed by atoms with E-state index >= 15 is 0 Å². The minimum absolute atomic E-state index is 0.474. The Kier molecular flexibility index (Phi) is 2.43. The molecule has 0 amide bonds. The molecule has 5 heteroatoms. The van der Waals surface area contributed by atoms with Gasteiger partial charge >= 0.3 is 0 Å². The van der Waals surface area contributed by atoms with Gasteiger partial charge in [0.1, 0.15) is 17.5 Å². The van der Waals surface area contributed by atoms with Gasteiger partial charge in [-0.05, 0) is 31.2 Å². The number of hydrogen-bond donors (Lipinski definition) is 1. The highest BCUT2D eigenvalue weighted by Crippen LogP contribution is 2.23. The van der Waals surface area contributed by atoms with Gasteiger partial charge in [0, 0.05) is 17.5 Å². The third-order valence-electron chi connectivity index (χ3n) is 2.90. The van der Waals surface area contributed by atoms with Crippen LogP contribution in [0.25, 0.3) is 16.9 Å². The molecule has 92 valence electrons. The van der Waals surface area contributed by atoms with Crippen LogP contribution in [0.4, 0.5) is 5.82 Å². The standard InChI is InChI=1S/C14H11N5/c1-9-4-11(5-13(16)18-9)12-7-17-14-3-2-10(6-15)8-19(12)14/h2-5,7-8H,1H3,(H2,16,18). The van der Waals surface area contributed by atoms with Gasteiger partial charge in [-0.1, -0.05) is 0 Å². The van der Waals surface area contributed by atoms with Crippen molar-refractivity contribution >= 4 is 11.5 Å². The molecule has 19 heavy (non-hydrogen) atoms. The lowest BCUT2D eigenvalue weighted by Crippen LogP contribution is -1.95. The fourth-order valence-corrected chi connectivity index (χ4v) is 2.10. The van der Waals surface area contributed by atoms with Crippen molar-refractivity contribution in [1.82, 2.24) is 14.4 Å². The second-order valence-electron chi connectivity index (χ2n) is 4.32. The van der Waals surface area contributed by atoms with Crippen LogP contribution in [0.1, 0.15) is 11.3 Å². The number of nitrogens with two attached hydrogens (primary N) is 1. The van der Waals surface area contributed by atoms with Crippen molar-refractivity contribution in [2.24, 2.45) is 0 Å². The summed E-state index contributed by atoms with van der Waals surface area (Å²) in [6, 6.07) is 9.44. The van der Waals surface area contributed by atoms with Crippen LogP contribution in [-0.4, -0.2) is 14.4 Å². The summed E-state index contributed by atoms with van der Waals surface area (Å²) in [5.74, 6) is 0.474. The number of rotatable bonds is 1. The predicted molar refractivity (Wildman–Crippen MR) is 72.3 cm³/mol. The van der Waals surface area contributed by atoms with Gasteiger partial charge in [-0.25, -0.2) is 9.97 Å². The average molecular weight is 249 g/mol. The van der Waals surface area contributed by atoms with Crippen molar-refractivity contribution in [2.75, 3.05) is 5.73 Å². The first-order chi connectivity index (χ1) is 9.17. The van der Waals surface area contributed by atoms with Crippen molar-refractivity contribution in [1.29, 1.82) is 5.26 Å². The van der Waals surface area contributed by atoms with E-state index in [2.05, 4.69) is 16.0 Å². The van der Waals surface area contributed by atoms with Crippen LogP contribution in [-0.2, 0) is 0 Å². The topological polar surface area (TPSA) is 80.0 Å². The number of imidazole rings is 1. The maximum Gasteiger partial charge on any atom is 0.137 e. The van der Waals surface area contributed by atoms with E-state index in [1.807, 2.05) is 23.5 Å². The molecule has 0 saturated carbocycles. The van der Waals surface area contributed by atoms with Gasteiger partial charge in [0.2, 0.25) is 0 Å². The molecule has 0 aliphatic rings. The molecule has 0 spiro atoms. The molecule has 0 radical (unpaired) electrons. The van der Waals surface area contributed by atoms with Crippen LogP contribution in [0, 0.1) is 18.3 Å². The lowest BCUT2D eigenvalue weighted by Gasteiger charge is -2.04. The van der Waals surface area contributed by atoms with E-state index in [0.717, 1.165) is 22.6 Å². The van der Waals surface area contributed by atoms with E-state index in [0.29, 0.717) is 11.4 Å². The molecule has 0 saturated heterocycles. The molecular weight excluding hydrogens is 238 g/mol. The van der Waals surface area contributed by atoms with Gasteiger partial charge in [0.05, 0.1) is 17.5 Å². The quantitative estimate of drug-likeness (QED) is 0.716. The molecule has 3 aromatic rings. The van der Waals surface area contributed by atoms with Crippen LogP contribution in [0.5, 0.6) is 0 Å². The first-order valence-corrected chi connectivity index (χ1v) is 5.79. The largest absolute Gasteiger partial charge is 0.384 e. The maximum absolute atomic E-state index is 8.97. The highest BCUT2D eigenvalue weighted by atomic mass is 15.0. The summed E-state index contributed by atoms with van der Waals surface area (Å²) in [5.41, 5.74) is 9.83. The number of aryl methyl sites for hydroxylation is 1. The van der Waals surface area contributed by atoms with Gasteiger partial charge in [-0.15, -0.1) is 0 Å². The maximum atomic E-state index is 8.97. The first kappa shape index (κ1) is 11.2. The number of aromatic nitrogens is 3. The molecule has 0 bridgehead atoms. The molecule has 0 atom stereocenters. The van der Waals surface area contributed by atoms with E-state index in [-0.39, 0.29) is 0 Å². The van der Waals surface area contributed by atoms with Crippen LogP contribution in [0.15, 0.2) is 36.7 Å². The van der Waals surface area contributed by atoms with Crippen LogP contribution >= 0.6 is 0 Å². The minimum Gasteiger partial charge on any atom is -0.384 e. The zero-order valence-corrected chi connectivity index (χ0v) is 10.3. The van der Waals surface area contributed by atoms with E-state index in [1.54, 1.807) is 24.5 Å². The number of pyridine rings is 2. The normalized spacial score (nSPS) is 10.5. The monoisotopic (exact) mass is 249 g/mol. The number of nitrogens with zero attached hydrogens (tertiary/aromatic N) is 4. The fraction of sp³-hybridized carbons (Fsp3) is 0.0714. The second kappa shape index (κ2) is 4.10. The lowest BCUT2D eigenvalue weighted by atomic mass is 10.1. The van der Waals surface area contributed by atoms with Gasteiger partial charge in [0.25, 0.3) is 0 Å². The Labute approximate surface area is 110 Å². The molecule has 0 fully saturated rings. The Morgan fingerprint density at radius 3 is 2.89 bits per heavy atom. The second-order valence-corrected chi connectivity index (χ2v) is 4.32. The third-order valence-corrected chi connectivity index (χ3v) is 2.90. The van der Waals surface area contributed by atoms with Crippen LogP contribution in [0.2, 0.25) is 0 Å². The fourth-order valence-electron chi connectivity index (χ4n) is 2.10. The Bertz CT molecular complexity index is 790. The molecule has 0 aromatic carbocycles. The Hall–Kier alpha value is -2.87. The van der Waals surface area contributed by atoms with Crippen molar-refractivity contribution in [3.8, 4) is 17.3 Å². The zero-order valence-electron chi connectivity index (χ0n) is 10.3. The minimum atomic E-state index is 0.474. The number of hydrogen-bond acceptors (Lipinski definition) is 4. The van der Waals surface area contributed by atoms with Gasteiger partial charge in [-0.3, -0.25) is 4.40 Å². The van der Waals surface area contributed by atoms with Crippen LogP contribution in [0.3, 0.4) is 0 Å². The van der Waals surface area contributed by atoms with Crippen molar-refractivity contribution in [3.63, 3.8) is 0 Å². The van der Waals surface area contributed by atoms with E-state index in [1.165, 1.54) is 0 Å². The smallest absolute Gasteiger partial charge is 0.137 e. The van der Waals surface area contributed by atoms with Crippen molar-refractivity contribution in [2.45, 2.75) is 6.92 Å². The summed E-state index contributed by atoms with van der Waals surface area (Å²) in [5, 5.41) is 8.97. The summed E-state index contributed by atoms with van der Waals surface area (Å²) in [7, 11) is 0. The number of fused-ring (bicyclic) bond motifs is 1. The summed E-state index contributed by atoms with van der Waals surface area (Å²) >= 11 is 0. The van der Waals surface area contributed by atoms with Gasteiger partial charge < -0.3 is 5.73 Å². The lowest BCUT2D eigenvalue weighted by molar-refractivity contribution is 1.16. The Balaban J connectivity index is 2.27. The zero-order chi connectivity index (χ0) is 13.4. The van der Waals surface area contributed by atoms with E-state index < -0.39 is 0 Å². The third kappa shape index (κ3) is 1.89. The molecule has 0 aliphatic carbocycles. The van der Waals surface area contributed by atoms with Crippen molar-refractivity contribution in [3.05, 3.63) is 47.9 Å². The Morgan fingerprint density at radius 2 is 2.16 bits per heavy atom. The molecule has 0 aliphatic heterocycles. The highest BCUT2D eigenvalue weighted by molar-refractivity contribution is 5.66. The van der Waals surface area contributed by atoms with Crippen molar-refractivity contribution < 1.29 is 0 Å². The predicted octanol–water partition coefficient (Wildman–Crippen LogP) is 2.16. The van der Waals surface area contributed by atoms with Gasteiger partial charge in [-0.2, -0.15) is 5.26 Å². The molecule has 2 N–H and O–H groups in total. The molecule has 0 unspecified atom stereocenters.